The second-order valence-corrected chi connectivity index (χ2v) is 5.60. The van der Waals surface area contributed by atoms with Gasteiger partial charge >= 0.3 is 5.84 Å². The number of hydrogen-bond acceptors (Lipinski definition) is 4. The number of rotatable bonds is 3. The van der Waals surface area contributed by atoms with Crippen LogP contribution < -0.4 is 5.43 Å². The first kappa shape index (κ1) is 13.3. The predicted molar refractivity (Wildman–Crippen MR) is 71.7 cm³/mol. The average Bonchev–Trinajstić information content (AvgIpc) is 2.50. The van der Waals surface area contributed by atoms with E-state index >= 15 is 0 Å². The van der Waals surface area contributed by atoms with Gasteiger partial charge in [0.25, 0.3) is 0 Å². The third-order valence-corrected chi connectivity index (χ3v) is 3.85. The second kappa shape index (κ2) is 4.22. The summed E-state index contributed by atoms with van der Waals surface area (Å²) < 4.78 is 0.948. The van der Waals surface area contributed by atoms with Gasteiger partial charge in [0.05, 0.1) is 11.3 Å². The molecule has 1 aliphatic heterocycles. The number of aliphatic imine (C=N–C) groups is 1. The van der Waals surface area contributed by atoms with Crippen LogP contribution in [0.2, 0.25) is 0 Å². The lowest BCUT2D eigenvalue weighted by atomic mass is 9.84. The van der Waals surface area contributed by atoms with Crippen LogP contribution in [0.15, 0.2) is 34.5 Å². The summed E-state index contributed by atoms with van der Waals surface area (Å²) in [6.07, 6.45) is 0. The van der Waals surface area contributed by atoms with E-state index in [0.29, 0.717) is 17.1 Å². The van der Waals surface area contributed by atoms with Gasteiger partial charge in [-0.05, 0) is 50.7 Å². The summed E-state index contributed by atoms with van der Waals surface area (Å²) in [5.74, 6) is 0.400. The molecule has 6 heteroatoms. The van der Waals surface area contributed by atoms with Crippen molar-refractivity contribution in [2.24, 2.45) is 10.2 Å². The van der Waals surface area contributed by atoms with E-state index in [1.54, 1.807) is 18.2 Å². The van der Waals surface area contributed by atoms with Gasteiger partial charge in [-0.15, -0.1) is 5.43 Å². The topological polar surface area (TPSA) is 82.8 Å². The average molecular weight is 259 g/mol. The Balaban J connectivity index is 2.46. The van der Waals surface area contributed by atoms with E-state index in [4.69, 9.17) is 5.53 Å². The van der Waals surface area contributed by atoms with E-state index in [9.17, 15) is 4.91 Å². The number of hydrogen-bond donors (Lipinski definition) is 1. The van der Waals surface area contributed by atoms with E-state index in [2.05, 4.69) is 15.6 Å². The van der Waals surface area contributed by atoms with Crippen LogP contribution in [0.5, 0.6) is 0 Å². The normalized spacial score (nSPS) is 20.0. The van der Waals surface area contributed by atoms with Gasteiger partial charge in [0.1, 0.15) is 0 Å². The monoisotopic (exact) mass is 259 g/mol. The zero-order chi connectivity index (χ0) is 14.3. The Hall–Kier alpha value is -2.11. The molecule has 0 spiro atoms. The second-order valence-electron chi connectivity index (χ2n) is 5.60. The summed E-state index contributed by atoms with van der Waals surface area (Å²) in [5.41, 5.74) is 10.6. The van der Waals surface area contributed by atoms with E-state index in [1.807, 2.05) is 33.8 Å². The van der Waals surface area contributed by atoms with Gasteiger partial charge in [0.15, 0.2) is 11.1 Å². The first-order valence-electron chi connectivity index (χ1n) is 6.05. The molecule has 19 heavy (non-hydrogen) atoms. The minimum absolute atomic E-state index is 0.400. The molecule has 0 saturated heterocycles. The van der Waals surface area contributed by atoms with Gasteiger partial charge in [-0.1, -0.05) is 21.2 Å². The summed E-state index contributed by atoms with van der Waals surface area (Å²) in [4.78, 5) is 16.9. The zero-order valence-corrected chi connectivity index (χ0v) is 11.5. The Morgan fingerprint density at radius 1 is 1.26 bits per heavy atom. The lowest BCUT2D eigenvalue weighted by Gasteiger charge is -2.22. The minimum Gasteiger partial charge on any atom is -0.185 e. The van der Waals surface area contributed by atoms with Gasteiger partial charge in [-0.3, -0.25) is 0 Å². The number of nitroso groups, excluding NO2 is 1. The molecule has 6 nitrogen and oxygen atoms in total. The molecule has 0 aromatic heterocycles. The maximum absolute atomic E-state index is 12.4. The van der Waals surface area contributed by atoms with Crippen molar-refractivity contribution in [3.63, 3.8) is 0 Å². The Morgan fingerprint density at radius 2 is 1.95 bits per heavy atom. The standard InChI is InChI=1S/C13H17N5O/c1-12(2)13(3,4)18(19)11(15-12)9-6-5-7-10(8-9)16-17-14/h5-8,14H,1-4H3/q+1. The molecule has 0 unspecified atom stereocenters. The molecule has 1 aliphatic rings. The summed E-state index contributed by atoms with van der Waals surface area (Å²) in [6.45, 7) is 7.64. The van der Waals surface area contributed by atoms with Crippen LogP contribution in [-0.2, 0) is 0 Å². The zero-order valence-electron chi connectivity index (χ0n) is 11.5. The summed E-state index contributed by atoms with van der Waals surface area (Å²) >= 11 is 0. The van der Waals surface area contributed by atoms with Crippen molar-refractivity contribution in [3.8, 4) is 0 Å². The molecule has 0 fully saturated rings. The van der Waals surface area contributed by atoms with E-state index < -0.39 is 11.1 Å². The lowest BCUT2D eigenvalue weighted by Crippen LogP contribution is -2.47. The molecular formula is C13H17N5O+. The summed E-state index contributed by atoms with van der Waals surface area (Å²) in [6, 6.07) is 7.01. The first-order chi connectivity index (χ1) is 8.79. The Kier molecular flexibility index (Phi) is 2.96. The van der Waals surface area contributed by atoms with Gasteiger partial charge in [-0.25, -0.2) is 0 Å². The van der Waals surface area contributed by atoms with Crippen LogP contribution in [0.1, 0.15) is 33.3 Å². The van der Waals surface area contributed by atoms with Crippen LogP contribution in [0.25, 0.3) is 0 Å². The molecule has 1 radical (unpaired) electrons. The van der Waals surface area contributed by atoms with Crippen LogP contribution in [0.3, 0.4) is 0 Å². The molecule has 99 valence electrons. The minimum atomic E-state index is -0.602. The Labute approximate surface area is 112 Å². The molecule has 2 rings (SSSR count). The molecule has 1 aromatic rings. The molecule has 1 heterocycles. The van der Waals surface area contributed by atoms with Crippen LogP contribution in [0, 0.1) is 10.4 Å². The van der Waals surface area contributed by atoms with Crippen molar-refractivity contribution in [2.75, 3.05) is 0 Å². The smallest absolute Gasteiger partial charge is 0.185 e. The van der Waals surface area contributed by atoms with Crippen molar-refractivity contribution >= 4 is 11.5 Å². The van der Waals surface area contributed by atoms with Crippen LogP contribution in [-0.4, -0.2) is 21.7 Å². The van der Waals surface area contributed by atoms with Crippen molar-refractivity contribution in [3.05, 3.63) is 34.7 Å². The quantitative estimate of drug-likeness (QED) is 0.505. The molecule has 0 atom stereocenters. The summed E-state index contributed by atoms with van der Waals surface area (Å²) in [7, 11) is 0. The molecule has 1 N–H and O–H groups in total. The van der Waals surface area contributed by atoms with E-state index in [0.717, 1.165) is 4.76 Å². The molecule has 1 aromatic carbocycles. The van der Waals surface area contributed by atoms with Crippen molar-refractivity contribution in [2.45, 2.75) is 38.8 Å². The first-order valence-corrected chi connectivity index (χ1v) is 6.05. The number of nitrogens with one attached hydrogen (secondary N) is 1. The van der Waals surface area contributed by atoms with E-state index in [-0.39, 0.29) is 0 Å². The van der Waals surface area contributed by atoms with Crippen LogP contribution in [0.4, 0.5) is 5.69 Å². The van der Waals surface area contributed by atoms with Crippen molar-refractivity contribution < 1.29 is 4.76 Å². The maximum Gasteiger partial charge on any atom is 0.364 e. The Bertz CT molecular complexity index is 574. The highest BCUT2D eigenvalue weighted by Crippen LogP contribution is 2.36. The van der Waals surface area contributed by atoms with Gasteiger partial charge in [0, 0.05) is 0 Å². The highest BCUT2D eigenvalue weighted by atomic mass is 16.3. The molecule has 0 aliphatic carbocycles. The van der Waals surface area contributed by atoms with Crippen molar-refractivity contribution in [1.82, 2.24) is 5.43 Å². The predicted octanol–water partition coefficient (Wildman–Crippen LogP) is 2.96. The fourth-order valence-electron chi connectivity index (χ4n) is 1.91. The molecule has 0 bridgehead atoms. The SMILES string of the molecule is CC1(C)N=C(c2cccc([N]N=N)c2)[N+](=O)C1(C)C. The molecule has 0 amide bonds. The van der Waals surface area contributed by atoms with Gasteiger partial charge < -0.3 is 0 Å². The fraction of sp³-hybridized carbons (Fsp3) is 0.462. The Morgan fingerprint density at radius 3 is 2.47 bits per heavy atom. The highest BCUT2D eigenvalue weighted by Gasteiger charge is 2.59. The third-order valence-electron chi connectivity index (χ3n) is 3.85. The lowest BCUT2D eigenvalue weighted by molar-refractivity contribution is -0.514. The van der Waals surface area contributed by atoms with Crippen LogP contribution >= 0.6 is 0 Å². The fourth-order valence-corrected chi connectivity index (χ4v) is 1.91. The van der Waals surface area contributed by atoms with Crippen molar-refractivity contribution in [1.29, 1.82) is 5.53 Å². The van der Waals surface area contributed by atoms with Gasteiger partial charge in [0.2, 0.25) is 0 Å². The third kappa shape index (κ3) is 2.03. The van der Waals surface area contributed by atoms with Gasteiger partial charge in [-0.2, -0.15) is 5.53 Å². The maximum atomic E-state index is 12.4. The number of amidine groups is 1. The molecular weight excluding hydrogens is 242 g/mol. The molecule has 0 saturated carbocycles. The largest absolute Gasteiger partial charge is 0.364 e. The highest BCUT2D eigenvalue weighted by molar-refractivity contribution is 5.94. The summed E-state index contributed by atoms with van der Waals surface area (Å²) in [5, 5.41) is 2.99. The van der Waals surface area contributed by atoms with E-state index in [1.165, 1.54) is 0 Å². The number of benzene rings is 1. The number of nitrogens with zero attached hydrogens (tertiary/aromatic N) is 4.